The number of hydrogen-bond donors (Lipinski definition) is 0. The first-order valence-corrected chi connectivity index (χ1v) is 7.20. The van der Waals surface area contributed by atoms with Gasteiger partial charge in [-0.2, -0.15) is 0 Å². The maximum Gasteiger partial charge on any atom is 0.231 e. The van der Waals surface area contributed by atoms with Crippen LogP contribution < -0.4 is 9.47 Å². The van der Waals surface area contributed by atoms with Crippen LogP contribution in [0, 0.1) is 16.0 Å². The van der Waals surface area contributed by atoms with Gasteiger partial charge >= 0.3 is 0 Å². The summed E-state index contributed by atoms with van der Waals surface area (Å²) in [6, 6.07) is 5.58. The number of ketones is 1. The van der Waals surface area contributed by atoms with Crippen molar-refractivity contribution in [2.24, 2.45) is 5.92 Å². The number of nitrogens with zero attached hydrogens (tertiary/aromatic N) is 1. The van der Waals surface area contributed by atoms with E-state index in [1.165, 1.54) is 0 Å². The van der Waals surface area contributed by atoms with Crippen LogP contribution in [0.25, 0.3) is 0 Å². The van der Waals surface area contributed by atoms with Crippen LogP contribution in [0.1, 0.15) is 37.2 Å². The van der Waals surface area contributed by atoms with E-state index in [1.807, 2.05) is 18.2 Å². The third kappa shape index (κ3) is 2.84. The van der Waals surface area contributed by atoms with Crippen LogP contribution in [-0.2, 0) is 4.79 Å². The average molecular weight is 291 g/mol. The molecule has 0 spiro atoms. The molecule has 0 unspecified atom stereocenters. The van der Waals surface area contributed by atoms with Crippen LogP contribution in [0.5, 0.6) is 11.5 Å². The fraction of sp³-hybridized carbons (Fsp3) is 0.533. The van der Waals surface area contributed by atoms with Crippen LogP contribution in [0.4, 0.5) is 0 Å². The Morgan fingerprint density at radius 2 is 2.05 bits per heavy atom. The summed E-state index contributed by atoms with van der Waals surface area (Å²) in [6.45, 7) is 0.0765. The first kappa shape index (κ1) is 13.9. The van der Waals surface area contributed by atoms with Gasteiger partial charge in [0.15, 0.2) is 11.5 Å². The number of Topliss-reactive ketones (excluding diaryl/α,β-unsaturated/α-hetero) is 1. The molecule has 2 aliphatic rings. The highest BCUT2D eigenvalue weighted by Gasteiger charge is 2.33. The predicted molar refractivity (Wildman–Crippen MR) is 74.1 cm³/mol. The van der Waals surface area contributed by atoms with Crippen molar-refractivity contribution in [3.05, 3.63) is 33.9 Å². The summed E-state index contributed by atoms with van der Waals surface area (Å²) in [7, 11) is 0. The molecule has 21 heavy (non-hydrogen) atoms. The zero-order valence-electron chi connectivity index (χ0n) is 11.6. The largest absolute Gasteiger partial charge is 0.454 e. The van der Waals surface area contributed by atoms with E-state index in [0.29, 0.717) is 17.9 Å². The van der Waals surface area contributed by atoms with Gasteiger partial charge in [-0.25, -0.2) is 0 Å². The monoisotopic (exact) mass is 291 g/mol. The second kappa shape index (κ2) is 5.71. The second-order valence-electron chi connectivity index (χ2n) is 5.54. The van der Waals surface area contributed by atoms with Gasteiger partial charge in [-0.05, 0) is 30.5 Å². The third-order valence-corrected chi connectivity index (χ3v) is 4.25. The average Bonchev–Trinajstić information content (AvgIpc) is 2.93. The smallest absolute Gasteiger partial charge is 0.231 e. The summed E-state index contributed by atoms with van der Waals surface area (Å²) in [5, 5.41) is 10.5. The first-order valence-electron chi connectivity index (χ1n) is 7.20. The van der Waals surface area contributed by atoms with Gasteiger partial charge in [0, 0.05) is 23.2 Å². The Morgan fingerprint density at radius 1 is 1.24 bits per heavy atom. The molecule has 0 N–H and O–H groups in total. The predicted octanol–water partition coefficient (Wildman–Crippen LogP) is 2.53. The molecule has 1 aromatic carbocycles. The Hall–Kier alpha value is -2.11. The van der Waals surface area contributed by atoms with Gasteiger partial charge in [0.25, 0.3) is 0 Å². The van der Waals surface area contributed by atoms with Crippen molar-refractivity contribution in [1.82, 2.24) is 0 Å². The van der Waals surface area contributed by atoms with Gasteiger partial charge in [0.1, 0.15) is 5.78 Å². The van der Waals surface area contributed by atoms with Crippen LogP contribution in [-0.4, -0.2) is 24.0 Å². The van der Waals surface area contributed by atoms with E-state index in [4.69, 9.17) is 9.47 Å². The summed E-state index contributed by atoms with van der Waals surface area (Å²) in [4.78, 5) is 22.7. The van der Waals surface area contributed by atoms with Crippen molar-refractivity contribution in [2.75, 3.05) is 13.3 Å². The third-order valence-electron chi connectivity index (χ3n) is 4.25. The molecule has 6 nitrogen and oxygen atoms in total. The van der Waals surface area contributed by atoms with Crippen molar-refractivity contribution in [1.29, 1.82) is 0 Å². The molecule has 1 fully saturated rings. The Balaban J connectivity index is 1.75. The molecule has 1 aliphatic heterocycles. The van der Waals surface area contributed by atoms with Gasteiger partial charge in [-0.1, -0.05) is 12.5 Å². The Bertz CT molecular complexity index is 571. The van der Waals surface area contributed by atoms with E-state index in [1.54, 1.807) is 0 Å². The topological polar surface area (TPSA) is 78.7 Å². The molecule has 1 aliphatic carbocycles. The number of fused-ring (bicyclic) bond motifs is 1. The molecule has 0 radical (unpaired) electrons. The molecule has 0 amide bonds. The molecule has 3 rings (SSSR count). The summed E-state index contributed by atoms with van der Waals surface area (Å²) in [6.07, 6.45) is 2.82. The number of carbonyl (C=O) groups excluding carboxylic acids is 1. The summed E-state index contributed by atoms with van der Waals surface area (Å²) in [5.74, 6) is 1.13. The Labute approximate surface area is 122 Å². The molecule has 6 heteroatoms. The number of hydrogen-bond acceptors (Lipinski definition) is 5. The van der Waals surface area contributed by atoms with Gasteiger partial charge in [-0.15, -0.1) is 0 Å². The molecule has 1 heterocycles. The van der Waals surface area contributed by atoms with Crippen molar-refractivity contribution in [3.63, 3.8) is 0 Å². The quantitative estimate of drug-likeness (QED) is 0.629. The normalized spacial score (nSPS) is 24.1. The molecule has 0 aromatic heterocycles. The summed E-state index contributed by atoms with van der Waals surface area (Å²) < 4.78 is 10.6. The van der Waals surface area contributed by atoms with Crippen molar-refractivity contribution < 1.29 is 19.2 Å². The lowest BCUT2D eigenvalue weighted by atomic mass is 9.75. The molecular weight excluding hydrogens is 274 g/mol. The van der Waals surface area contributed by atoms with Crippen molar-refractivity contribution >= 4 is 5.78 Å². The van der Waals surface area contributed by atoms with Gasteiger partial charge in [-0.3, -0.25) is 14.9 Å². The van der Waals surface area contributed by atoms with Gasteiger partial charge in [0.2, 0.25) is 13.3 Å². The molecular formula is C15H17NO5. The maximum absolute atomic E-state index is 12.5. The van der Waals surface area contributed by atoms with Crippen molar-refractivity contribution in [2.45, 2.75) is 31.6 Å². The van der Waals surface area contributed by atoms with E-state index >= 15 is 0 Å². The van der Waals surface area contributed by atoms with E-state index in [9.17, 15) is 14.9 Å². The van der Waals surface area contributed by atoms with E-state index in [-0.39, 0.29) is 35.9 Å². The molecule has 0 saturated heterocycles. The van der Waals surface area contributed by atoms with Gasteiger partial charge < -0.3 is 9.47 Å². The summed E-state index contributed by atoms with van der Waals surface area (Å²) >= 11 is 0. The molecule has 112 valence electrons. The van der Waals surface area contributed by atoms with Crippen molar-refractivity contribution in [3.8, 4) is 11.5 Å². The SMILES string of the molecule is O=C1[C@@H](CC[N+](=O)[O-])CCC[C@H]1c1ccc2c(c1)OCO2. The highest BCUT2D eigenvalue weighted by molar-refractivity contribution is 5.88. The van der Waals surface area contributed by atoms with E-state index in [2.05, 4.69) is 0 Å². The standard InChI is InChI=1S/C15H17NO5/c17-15-10(6-7-16(18)19)2-1-3-12(15)11-4-5-13-14(8-11)21-9-20-13/h4-5,8,10,12H,1-3,6-7,9H2/t10-,12+/m1/s1. The second-order valence-corrected chi connectivity index (χ2v) is 5.54. The minimum atomic E-state index is -0.350. The van der Waals surface area contributed by atoms with Crippen LogP contribution in [0.3, 0.4) is 0 Å². The fourth-order valence-electron chi connectivity index (χ4n) is 3.15. The highest BCUT2D eigenvalue weighted by Crippen LogP contribution is 2.39. The van der Waals surface area contributed by atoms with E-state index < -0.39 is 0 Å². The number of rotatable bonds is 4. The number of carbonyl (C=O) groups is 1. The number of nitro groups is 1. The maximum atomic E-state index is 12.5. The van der Waals surface area contributed by atoms with E-state index in [0.717, 1.165) is 24.8 Å². The molecule has 0 bridgehead atoms. The first-order chi connectivity index (χ1) is 10.1. The van der Waals surface area contributed by atoms with Crippen LogP contribution in [0.2, 0.25) is 0 Å². The minimum absolute atomic E-state index is 0.127. The highest BCUT2D eigenvalue weighted by atomic mass is 16.7. The van der Waals surface area contributed by atoms with Crippen LogP contribution in [0.15, 0.2) is 18.2 Å². The zero-order chi connectivity index (χ0) is 14.8. The lowest BCUT2D eigenvalue weighted by Crippen LogP contribution is -2.28. The van der Waals surface area contributed by atoms with Gasteiger partial charge in [0.05, 0.1) is 0 Å². The lowest BCUT2D eigenvalue weighted by molar-refractivity contribution is -0.481. The Morgan fingerprint density at radius 3 is 2.86 bits per heavy atom. The minimum Gasteiger partial charge on any atom is -0.454 e. The summed E-state index contributed by atoms with van der Waals surface area (Å²) in [5.41, 5.74) is 0.926. The lowest BCUT2D eigenvalue weighted by Gasteiger charge is -2.27. The zero-order valence-corrected chi connectivity index (χ0v) is 11.6. The fourth-order valence-corrected chi connectivity index (χ4v) is 3.15. The number of benzene rings is 1. The van der Waals surface area contributed by atoms with Crippen LogP contribution >= 0.6 is 0 Å². The number of ether oxygens (including phenoxy) is 2. The molecule has 2 atom stereocenters. The Kier molecular flexibility index (Phi) is 3.77. The molecule has 1 aromatic rings. The molecule has 1 saturated carbocycles.